The molecule has 2 heterocycles. The average Bonchev–Trinajstić information content (AvgIpc) is 3.32. The number of carbonyl (C=O) groups is 1. The molecule has 1 unspecified atom stereocenters. The van der Waals surface area contributed by atoms with Crippen LogP contribution in [-0.2, 0) is 4.79 Å². The zero-order valence-electron chi connectivity index (χ0n) is 19.8. The number of methoxy groups -OCH3 is 1. The monoisotopic (exact) mass is 500 g/mol. The third kappa shape index (κ3) is 4.38. The van der Waals surface area contributed by atoms with Crippen LogP contribution in [0.3, 0.4) is 0 Å². The van der Waals surface area contributed by atoms with Gasteiger partial charge in [0.15, 0.2) is 5.82 Å². The fourth-order valence-corrected chi connectivity index (χ4v) is 4.28. The van der Waals surface area contributed by atoms with Gasteiger partial charge >= 0.3 is 0 Å². The molecule has 0 saturated heterocycles. The molecule has 11 heteroatoms. The zero-order chi connectivity index (χ0) is 26.1. The lowest BCUT2D eigenvalue weighted by Gasteiger charge is -2.28. The lowest BCUT2D eigenvalue weighted by molar-refractivity contribution is -0.385. The Kier molecular flexibility index (Phi) is 6.10. The fraction of sp³-hybridized carbons (Fsp3) is 0.115. The molecule has 0 aliphatic carbocycles. The first kappa shape index (κ1) is 23.7. The second kappa shape index (κ2) is 9.53. The number of nitrogens with one attached hydrogen (secondary N) is 2. The molecule has 0 saturated carbocycles. The van der Waals surface area contributed by atoms with E-state index in [1.807, 2.05) is 0 Å². The summed E-state index contributed by atoms with van der Waals surface area (Å²) in [6, 6.07) is 17.8. The maximum Gasteiger partial charge on any atom is 0.275 e. The first-order chi connectivity index (χ1) is 17.9. The number of hydrogen-bond donors (Lipinski definition) is 2. The number of nitro groups is 1. The van der Waals surface area contributed by atoms with Crippen molar-refractivity contribution in [2.24, 2.45) is 0 Å². The first-order valence-corrected chi connectivity index (χ1v) is 11.3. The van der Waals surface area contributed by atoms with Crippen molar-refractivity contribution in [3.05, 3.63) is 106 Å². The van der Waals surface area contributed by atoms with Gasteiger partial charge in [-0.3, -0.25) is 14.9 Å². The number of allylic oxidation sites excluding steroid dienone is 1. The van der Waals surface area contributed by atoms with Gasteiger partial charge in [0, 0.05) is 17.3 Å². The van der Waals surface area contributed by atoms with Crippen LogP contribution < -0.4 is 15.4 Å². The van der Waals surface area contributed by atoms with E-state index in [9.17, 15) is 19.3 Å². The van der Waals surface area contributed by atoms with Crippen molar-refractivity contribution in [3.63, 3.8) is 0 Å². The Hall–Kier alpha value is -5.06. The molecule has 0 bridgehead atoms. The second-order valence-electron chi connectivity index (χ2n) is 8.25. The molecule has 5 rings (SSSR count). The smallest absolute Gasteiger partial charge is 0.275 e. The van der Waals surface area contributed by atoms with Crippen LogP contribution in [0.1, 0.15) is 18.5 Å². The normalized spacial score (nSPS) is 14.5. The van der Waals surface area contributed by atoms with E-state index in [0.29, 0.717) is 22.7 Å². The highest BCUT2D eigenvalue weighted by atomic mass is 19.1. The van der Waals surface area contributed by atoms with E-state index in [0.717, 1.165) is 0 Å². The number of ether oxygens (including phenoxy) is 1. The van der Waals surface area contributed by atoms with Crippen LogP contribution in [0.5, 0.6) is 5.75 Å². The number of carbonyl (C=O) groups excluding carboxylic acids is 1. The summed E-state index contributed by atoms with van der Waals surface area (Å²) >= 11 is 0. The van der Waals surface area contributed by atoms with Crippen molar-refractivity contribution < 1.29 is 18.8 Å². The minimum absolute atomic E-state index is 0.172. The Bertz CT molecular complexity index is 1550. The maximum atomic E-state index is 13.7. The lowest BCUT2D eigenvalue weighted by atomic mass is 9.93. The molecule has 0 spiro atoms. The van der Waals surface area contributed by atoms with Gasteiger partial charge in [0.25, 0.3) is 11.6 Å². The second-order valence-corrected chi connectivity index (χ2v) is 8.25. The van der Waals surface area contributed by atoms with Crippen LogP contribution in [0.25, 0.3) is 11.4 Å². The first-order valence-electron chi connectivity index (χ1n) is 11.3. The summed E-state index contributed by atoms with van der Waals surface area (Å²) in [5.74, 6) is 0.109. The molecule has 0 radical (unpaired) electrons. The summed E-state index contributed by atoms with van der Waals surface area (Å²) in [5, 5.41) is 22.5. The summed E-state index contributed by atoms with van der Waals surface area (Å²) < 4.78 is 20.3. The van der Waals surface area contributed by atoms with Gasteiger partial charge in [-0.05, 0) is 49.4 Å². The topological polar surface area (TPSA) is 124 Å². The van der Waals surface area contributed by atoms with Crippen molar-refractivity contribution in [3.8, 4) is 17.1 Å². The highest BCUT2D eigenvalue weighted by Gasteiger charge is 2.38. The van der Waals surface area contributed by atoms with Gasteiger partial charge in [0.1, 0.15) is 17.6 Å². The summed E-state index contributed by atoms with van der Waals surface area (Å²) in [5.41, 5.74) is 1.73. The van der Waals surface area contributed by atoms with Crippen LogP contribution in [0.2, 0.25) is 0 Å². The highest BCUT2D eigenvalue weighted by Crippen LogP contribution is 2.40. The molecule has 3 aromatic carbocycles. The number of aromatic nitrogens is 3. The Morgan fingerprint density at radius 1 is 1.11 bits per heavy atom. The van der Waals surface area contributed by atoms with Crippen LogP contribution in [0, 0.1) is 15.9 Å². The van der Waals surface area contributed by atoms with Crippen LogP contribution in [0.4, 0.5) is 21.7 Å². The van der Waals surface area contributed by atoms with Gasteiger partial charge in [-0.15, -0.1) is 5.10 Å². The molecular weight excluding hydrogens is 479 g/mol. The third-order valence-corrected chi connectivity index (χ3v) is 5.98. The predicted molar refractivity (Wildman–Crippen MR) is 135 cm³/mol. The Balaban J connectivity index is 1.65. The molecule has 1 aliphatic heterocycles. The Morgan fingerprint density at radius 3 is 2.54 bits per heavy atom. The minimum atomic E-state index is -0.978. The number of fused-ring (bicyclic) bond motifs is 1. The van der Waals surface area contributed by atoms with Gasteiger partial charge in [0.05, 0.1) is 28.9 Å². The summed E-state index contributed by atoms with van der Waals surface area (Å²) in [4.78, 5) is 29.7. The SMILES string of the molecule is COc1ccccc1NC(=O)C1=C(C)Nc2nc(-c3ccc(F)cc3)nn2C1c1ccccc1[N+](=O)[O-]. The number of halogens is 1. The molecule has 1 aromatic heterocycles. The summed E-state index contributed by atoms with van der Waals surface area (Å²) in [7, 11) is 1.49. The number of hydrogen-bond acceptors (Lipinski definition) is 7. The maximum absolute atomic E-state index is 13.7. The van der Waals surface area contributed by atoms with E-state index in [1.54, 1.807) is 49.4 Å². The number of nitrogens with zero attached hydrogens (tertiary/aromatic N) is 4. The van der Waals surface area contributed by atoms with Gasteiger partial charge in [0.2, 0.25) is 5.95 Å². The number of nitro benzene ring substituents is 1. The molecular formula is C26H21FN6O4. The van der Waals surface area contributed by atoms with Gasteiger partial charge in [-0.1, -0.05) is 24.3 Å². The third-order valence-electron chi connectivity index (χ3n) is 5.98. The molecule has 1 amide bonds. The molecule has 186 valence electrons. The highest BCUT2D eigenvalue weighted by molar-refractivity contribution is 6.06. The van der Waals surface area contributed by atoms with Crippen LogP contribution in [0.15, 0.2) is 84.1 Å². The number of benzene rings is 3. The molecule has 0 fully saturated rings. The van der Waals surface area contributed by atoms with Crippen molar-refractivity contribution in [2.75, 3.05) is 17.7 Å². The van der Waals surface area contributed by atoms with E-state index < -0.39 is 22.7 Å². The predicted octanol–water partition coefficient (Wildman–Crippen LogP) is 4.93. The van der Waals surface area contributed by atoms with Crippen molar-refractivity contribution >= 4 is 23.2 Å². The summed E-state index contributed by atoms with van der Waals surface area (Å²) in [6.07, 6.45) is 0. The zero-order valence-corrected chi connectivity index (χ0v) is 19.8. The summed E-state index contributed by atoms with van der Waals surface area (Å²) in [6.45, 7) is 1.69. The average molecular weight is 500 g/mol. The number of amides is 1. The Morgan fingerprint density at radius 2 is 1.81 bits per heavy atom. The van der Waals surface area contributed by atoms with Crippen molar-refractivity contribution in [1.82, 2.24) is 14.8 Å². The molecule has 1 atom stereocenters. The number of anilines is 2. The van der Waals surface area contributed by atoms with E-state index in [4.69, 9.17) is 4.74 Å². The van der Waals surface area contributed by atoms with Gasteiger partial charge in [-0.2, -0.15) is 4.98 Å². The van der Waals surface area contributed by atoms with Gasteiger partial charge in [-0.25, -0.2) is 9.07 Å². The van der Waals surface area contributed by atoms with E-state index in [-0.39, 0.29) is 28.6 Å². The largest absolute Gasteiger partial charge is 0.495 e. The van der Waals surface area contributed by atoms with E-state index in [2.05, 4.69) is 20.7 Å². The van der Waals surface area contributed by atoms with E-state index >= 15 is 0 Å². The minimum Gasteiger partial charge on any atom is -0.495 e. The molecule has 37 heavy (non-hydrogen) atoms. The van der Waals surface area contributed by atoms with E-state index in [1.165, 1.54) is 42.1 Å². The number of para-hydroxylation sites is 3. The molecule has 4 aromatic rings. The number of rotatable bonds is 6. The van der Waals surface area contributed by atoms with Crippen molar-refractivity contribution in [1.29, 1.82) is 0 Å². The molecule has 10 nitrogen and oxygen atoms in total. The van der Waals surface area contributed by atoms with Crippen LogP contribution in [-0.4, -0.2) is 32.7 Å². The Labute approximate surface area is 210 Å². The van der Waals surface area contributed by atoms with Crippen molar-refractivity contribution in [2.45, 2.75) is 13.0 Å². The standard InChI is InChI=1S/C26H21FN6O4/c1-15-22(25(34)29-19-8-4-6-10-21(19)37-2)23(18-7-3-5-9-20(18)33(35)36)32-26(28-15)30-24(31-32)16-11-13-17(27)14-12-16/h3-14,23H,1-2H3,(H,29,34)(H,28,30,31). The fourth-order valence-electron chi connectivity index (χ4n) is 4.28. The quantitative estimate of drug-likeness (QED) is 0.284. The lowest BCUT2D eigenvalue weighted by Crippen LogP contribution is -2.32. The van der Waals surface area contributed by atoms with Gasteiger partial charge < -0.3 is 15.4 Å². The molecule has 1 aliphatic rings. The molecule has 2 N–H and O–H groups in total. The van der Waals surface area contributed by atoms with Crippen LogP contribution >= 0.6 is 0 Å².